The van der Waals surface area contributed by atoms with Gasteiger partial charge in [0, 0.05) is 6.42 Å². The molecule has 0 spiro atoms. The molecule has 6 heteroatoms. The van der Waals surface area contributed by atoms with Gasteiger partial charge in [-0.1, -0.05) is 30.5 Å². The summed E-state index contributed by atoms with van der Waals surface area (Å²) in [5, 5.41) is 8.67. The molecule has 29 heavy (non-hydrogen) atoms. The fourth-order valence-electron chi connectivity index (χ4n) is 2.22. The summed E-state index contributed by atoms with van der Waals surface area (Å²) in [7, 11) is 0. The molecule has 0 aliphatic heterocycles. The average Bonchev–Trinajstić information content (AvgIpc) is 2.75. The Labute approximate surface area is 195 Å². The van der Waals surface area contributed by atoms with E-state index in [9.17, 15) is 14.4 Å². The Morgan fingerprint density at radius 2 is 1.72 bits per heavy atom. The number of ketones is 1. The topological polar surface area (TPSA) is 84.2 Å². The predicted octanol–water partition coefficient (Wildman–Crippen LogP) is 3.91. The van der Waals surface area contributed by atoms with E-state index in [-0.39, 0.29) is 43.2 Å². The van der Waals surface area contributed by atoms with Crippen molar-refractivity contribution in [3.63, 3.8) is 0 Å². The third-order valence-electron chi connectivity index (χ3n) is 3.72. The minimum absolute atomic E-state index is 0. The fourth-order valence-corrected chi connectivity index (χ4v) is 2.22. The van der Waals surface area contributed by atoms with Crippen molar-refractivity contribution in [1.82, 2.24) is 0 Å². The zero-order valence-electron chi connectivity index (χ0n) is 16.2. The summed E-state index contributed by atoms with van der Waals surface area (Å²) >= 11 is 0. The first kappa shape index (κ1) is 26.8. The number of aldehydes is 1. The van der Waals surface area contributed by atoms with Gasteiger partial charge in [0.2, 0.25) is 6.29 Å². The normalized spacial score (nSPS) is 9.10. The maximum atomic E-state index is 11.9. The van der Waals surface area contributed by atoms with Crippen LogP contribution in [0.2, 0.25) is 0 Å². The summed E-state index contributed by atoms with van der Waals surface area (Å²) < 4.78 is 4.51. The Hall–Kier alpha value is -2.21. The number of carbonyl (C=O) groups excluding carboxylic acids is 3. The molecule has 0 heterocycles. The van der Waals surface area contributed by atoms with Crippen LogP contribution in [-0.2, 0) is 20.7 Å². The van der Waals surface area contributed by atoms with Crippen LogP contribution in [0.1, 0.15) is 47.2 Å². The second-order valence-corrected chi connectivity index (χ2v) is 5.90. The minimum atomic E-state index is -0.778. The summed E-state index contributed by atoms with van der Waals surface area (Å²) in [5.74, 6) is -0.705. The van der Waals surface area contributed by atoms with E-state index in [1.54, 1.807) is 36.4 Å². The van der Waals surface area contributed by atoms with Crippen LogP contribution in [0, 0.1) is 55.4 Å². The number of nitriles is 1. The monoisotopic (exact) mass is 615 g/mol. The summed E-state index contributed by atoms with van der Waals surface area (Å²) in [6.07, 6.45) is 4.29. The standard InChI is InChI=1S/C15H10NO.C8H13O3.U/c16-11-13-8-6-12(7-9-13)10-15(17)14-4-2-1-3-5-14;1-2-3-4-5-6-11-8(10)7-9;/h2-9H,10H2;7H,1-6H2;/q2*-1;+2. The first-order chi connectivity index (χ1) is 13.6. The van der Waals surface area contributed by atoms with Crippen LogP contribution in [0.25, 0.3) is 0 Å². The van der Waals surface area contributed by atoms with Crippen LogP contribution >= 0.6 is 0 Å². The van der Waals surface area contributed by atoms with Gasteiger partial charge in [0.05, 0.1) is 18.2 Å². The van der Waals surface area contributed by atoms with Gasteiger partial charge >= 0.3 is 37.1 Å². The van der Waals surface area contributed by atoms with Gasteiger partial charge in [0.15, 0.2) is 0 Å². The van der Waals surface area contributed by atoms with Crippen molar-refractivity contribution in [2.75, 3.05) is 6.61 Å². The molecule has 2 aromatic rings. The predicted molar refractivity (Wildman–Crippen MR) is 105 cm³/mol. The summed E-state index contributed by atoms with van der Waals surface area (Å²) in [6.45, 7) is 4.02. The zero-order valence-corrected chi connectivity index (χ0v) is 20.4. The largest absolute Gasteiger partial charge is 2.00 e. The fraction of sp³-hybridized carbons (Fsp3) is 0.261. The molecule has 2 rings (SSSR count). The smallest absolute Gasteiger partial charge is 0.460 e. The molecule has 0 aliphatic carbocycles. The van der Waals surface area contributed by atoms with Gasteiger partial charge in [-0.2, -0.15) is 42.0 Å². The molecule has 0 fully saturated rings. The number of carbonyl (C=O) groups is 3. The number of nitrogens with zero attached hydrogens (tertiary/aromatic N) is 1. The van der Waals surface area contributed by atoms with Crippen LogP contribution < -0.4 is 0 Å². The Kier molecular flexibility index (Phi) is 15.4. The molecular weight excluding hydrogens is 592 g/mol. The Morgan fingerprint density at radius 1 is 1.07 bits per heavy atom. The Bertz CT molecular complexity index is 783. The molecular formula is C23H23NO4U. The van der Waals surface area contributed by atoms with Crippen LogP contribution in [0.4, 0.5) is 0 Å². The molecule has 0 atom stereocenters. The first-order valence-electron chi connectivity index (χ1n) is 9.00. The number of rotatable bonds is 9. The van der Waals surface area contributed by atoms with E-state index >= 15 is 0 Å². The summed E-state index contributed by atoms with van der Waals surface area (Å²) in [5.41, 5.74) is 2.21. The SMILES string of the molecule is N#Cc1ccc(CC(=O)c2cc[c-]cc2)cc1.[CH2-]CCCCCOC(=O)C=O.[U+2]. The number of benzene rings is 2. The Morgan fingerprint density at radius 3 is 2.28 bits per heavy atom. The molecule has 0 bridgehead atoms. The van der Waals surface area contributed by atoms with Gasteiger partial charge in [-0.15, -0.1) is 0 Å². The van der Waals surface area contributed by atoms with Gasteiger partial charge < -0.3 is 11.7 Å². The average molecular weight is 615 g/mol. The molecule has 0 saturated carbocycles. The van der Waals surface area contributed by atoms with E-state index in [0.29, 0.717) is 24.2 Å². The van der Waals surface area contributed by atoms with E-state index in [0.717, 1.165) is 31.2 Å². The van der Waals surface area contributed by atoms with E-state index in [1.165, 1.54) is 0 Å². The molecule has 0 saturated heterocycles. The van der Waals surface area contributed by atoms with Crippen molar-refractivity contribution in [2.45, 2.75) is 32.1 Å². The molecule has 0 N–H and O–H groups in total. The van der Waals surface area contributed by atoms with E-state index < -0.39 is 5.97 Å². The molecule has 0 aliphatic rings. The third-order valence-corrected chi connectivity index (χ3v) is 3.72. The van der Waals surface area contributed by atoms with Crippen LogP contribution in [0.3, 0.4) is 0 Å². The van der Waals surface area contributed by atoms with E-state index in [1.807, 2.05) is 12.1 Å². The molecule has 0 amide bonds. The maximum absolute atomic E-state index is 11.9. The molecule has 5 nitrogen and oxygen atoms in total. The van der Waals surface area contributed by atoms with Crippen molar-refractivity contribution < 1.29 is 50.2 Å². The molecule has 0 radical (unpaired) electrons. The number of esters is 1. The minimum Gasteiger partial charge on any atom is -0.460 e. The number of ether oxygens (including phenoxy) is 1. The van der Waals surface area contributed by atoms with Crippen LogP contribution in [0.5, 0.6) is 0 Å². The number of unbranched alkanes of at least 4 members (excludes halogenated alkanes) is 3. The number of Topliss-reactive ketones (excluding diaryl/α,β-unsaturated/α-hetero) is 1. The van der Waals surface area contributed by atoms with E-state index in [2.05, 4.69) is 23.8 Å². The van der Waals surface area contributed by atoms with Gasteiger partial charge in [0.25, 0.3) is 0 Å². The van der Waals surface area contributed by atoms with Gasteiger partial charge in [0.1, 0.15) is 5.78 Å². The number of hydrogen-bond donors (Lipinski definition) is 0. The summed E-state index contributed by atoms with van der Waals surface area (Å²) in [4.78, 5) is 31.9. The van der Waals surface area contributed by atoms with Crippen LogP contribution in [-0.4, -0.2) is 24.6 Å². The second kappa shape index (κ2) is 16.7. The number of hydrogen-bond acceptors (Lipinski definition) is 5. The zero-order chi connectivity index (χ0) is 20.6. The van der Waals surface area contributed by atoms with E-state index in [4.69, 9.17) is 5.26 Å². The maximum Gasteiger partial charge on any atom is 2.00 e. The Balaban J connectivity index is 0.000000576. The summed E-state index contributed by atoms with van der Waals surface area (Å²) in [6, 6.07) is 19.0. The first-order valence-corrected chi connectivity index (χ1v) is 9.00. The van der Waals surface area contributed by atoms with Crippen molar-refractivity contribution in [3.8, 4) is 6.07 Å². The quantitative estimate of drug-likeness (QED) is 0.107. The third kappa shape index (κ3) is 12.1. The molecule has 2 aromatic carbocycles. The van der Waals surface area contributed by atoms with Crippen molar-refractivity contribution in [3.05, 3.63) is 78.2 Å². The second-order valence-electron chi connectivity index (χ2n) is 5.90. The van der Waals surface area contributed by atoms with Gasteiger partial charge in [-0.3, -0.25) is 9.59 Å². The molecule has 0 unspecified atom stereocenters. The van der Waals surface area contributed by atoms with Gasteiger partial charge in [-0.25, -0.2) is 4.79 Å². The van der Waals surface area contributed by atoms with Gasteiger partial charge in [-0.05, 0) is 24.1 Å². The van der Waals surface area contributed by atoms with Crippen molar-refractivity contribution in [2.24, 2.45) is 0 Å². The van der Waals surface area contributed by atoms with Crippen molar-refractivity contribution in [1.29, 1.82) is 5.26 Å². The molecule has 0 aromatic heterocycles. The molecule has 148 valence electrons. The van der Waals surface area contributed by atoms with Crippen molar-refractivity contribution >= 4 is 18.0 Å². The van der Waals surface area contributed by atoms with Crippen LogP contribution in [0.15, 0.2) is 48.5 Å².